The average Bonchev–Trinajstić information content (AvgIpc) is 2.53. The van der Waals surface area contributed by atoms with Crippen molar-refractivity contribution in [2.24, 2.45) is 5.92 Å². The topological polar surface area (TPSA) is 90.6 Å². The molecule has 0 aliphatic carbocycles. The summed E-state index contributed by atoms with van der Waals surface area (Å²) in [5.41, 5.74) is 1.23. The number of rotatable bonds is 5. The number of methoxy groups -OCH3 is 1. The van der Waals surface area contributed by atoms with Gasteiger partial charge in [0.2, 0.25) is 5.91 Å². The molecule has 1 N–H and O–H groups in total. The number of hydrogen-bond acceptors (Lipinski definition) is 4. The first-order valence-corrected chi connectivity index (χ1v) is 7.09. The summed E-state index contributed by atoms with van der Waals surface area (Å²) in [6.07, 6.45) is 0.551. The summed E-state index contributed by atoms with van der Waals surface area (Å²) in [6, 6.07) is 8.22. The van der Waals surface area contributed by atoms with Gasteiger partial charge in [-0.3, -0.25) is 9.59 Å². The van der Waals surface area contributed by atoms with Gasteiger partial charge in [-0.25, -0.2) is 0 Å². The van der Waals surface area contributed by atoms with E-state index in [-0.39, 0.29) is 12.3 Å². The second kappa shape index (κ2) is 7.05. The molecule has 1 aliphatic rings. The third kappa shape index (κ3) is 3.26. The highest BCUT2D eigenvalue weighted by atomic mass is 16.5. The van der Waals surface area contributed by atoms with Crippen molar-refractivity contribution in [3.8, 4) is 6.07 Å². The third-order valence-electron chi connectivity index (χ3n) is 3.94. The minimum Gasteiger partial charge on any atom is -0.481 e. The normalized spacial score (nSPS) is 21.5. The SMILES string of the molecule is COCCN1C(=O)CC[C@@H](C(=O)O)[C@@H]1c1ccc(C#N)cc1. The van der Waals surface area contributed by atoms with Gasteiger partial charge in [0.1, 0.15) is 0 Å². The Morgan fingerprint density at radius 2 is 2.14 bits per heavy atom. The third-order valence-corrected chi connectivity index (χ3v) is 3.94. The molecule has 0 spiro atoms. The molecular weight excluding hydrogens is 284 g/mol. The second-order valence-electron chi connectivity index (χ2n) is 5.24. The fourth-order valence-corrected chi connectivity index (χ4v) is 2.83. The van der Waals surface area contributed by atoms with E-state index in [1.54, 1.807) is 36.3 Å². The number of benzene rings is 1. The summed E-state index contributed by atoms with van der Waals surface area (Å²) in [7, 11) is 1.54. The zero-order chi connectivity index (χ0) is 16.1. The largest absolute Gasteiger partial charge is 0.481 e. The fourth-order valence-electron chi connectivity index (χ4n) is 2.83. The molecule has 1 fully saturated rings. The number of likely N-dealkylation sites (tertiary alicyclic amines) is 1. The number of carbonyl (C=O) groups excluding carboxylic acids is 1. The number of carbonyl (C=O) groups is 2. The molecule has 1 saturated heterocycles. The number of hydrogen-bond donors (Lipinski definition) is 1. The molecule has 0 aromatic heterocycles. The zero-order valence-electron chi connectivity index (χ0n) is 12.4. The minimum atomic E-state index is -0.913. The van der Waals surface area contributed by atoms with Crippen LogP contribution in [0.2, 0.25) is 0 Å². The number of carboxylic acids is 1. The van der Waals surface area contributed by atoms with Crippen molar-refractivity contribution in [1.82, 2.24) is 4.90 Å². The molecule has 0 unspecified atom stereocenters. The number of nitrogens with zero attached hydrogens (tertiary/aromatic N) is 2. The van der Waals surface area contributed by atoms with Crippen LogP contribution >= 0.6 is 0 Å². The molecule has 1 aromatic carbocycles. The van der Waals surface area contributed by atoms with Gasteiger partial charge in [-0.1, -0.05) is 12.1 Å². The molecule has 22 heavy (non-hydrogen) atoms. The molecule has 1 amide bonds. The first-order chi connectivity index (χ1) is 10.6. The second-order valence-corrected chi connectivity index (χ2v) is 5.24. The lowest BCUT2D eigenvalue weighted by Gasteiger charge is -2.39. The zero-order valence-corrected chi connectivity index (χ0v) is 12.4. The molecule has 1 heterocycles. The fraction of sp³-hybridized carbons (Fsp3) is 0.438. The van der Waals surface area contributed by atoms with E-state index in [4.69, 9.17) is 10.00 Å². The van der Waals surface area contributed by atoms with Crippen molar-refractivity contribution in [1.29, 1.82) is 5.26 Å². The number of nitriles is 1. The van der Waals surface area contributed by atoms with Gasteiger partial charge in [0, 0.05) is 20.1 Å². The Hall–Kier alpha value is -2.39. The molecule has 0 radical (unpaired) electrons. The Labute approximate surface area is 128 Å². The Balaban J connectivity index is 2.37. The minimum absolute atomic E-state index is 0.0658. The predicted molar refractivity (Wildman–Crippen MR) is 77.8 cm³/mol. The Kier molecular flexibility index (Phi) is 5.12. The highest BCUT2D eigenvalue weighted by Gasteiger charge is 2.40. The summed E-state index contributed by atoms with van der Waals surface area (Å²) in [5, 5.41) is 18.3. The van der Waals surface area contributed by atoms with E-state index >= 15 is 0 Å². The summed E-state index contributed by atoms with van der Waals surface area (Å²) in [4.78, 5) is 25.3. The van der Waals surface area contributed by atoms with Crippen molar-refractivity contribution in [2.75, 3.05) is 20.3 Å². The molecule has 6 heteroatoms. The molecule has 2 rings (SSSR count). The number of ether oxygens (including phenoxy) is 1. The van der Waals surface area contributed by atoms with Gasteiger partial charge < -0.3 is 14.7 Å². The number of piperidine rings is 1. The standard InChI is InChI=1S/C16H18N2O4/c1-22-9-8-18-14(19)7-6-13(16(20)21)15(18)12-4-2-11(10-17)3-5-12/h2-5,13,15H,6-9H2,1H3,(H,20,21)/t13-,15+/m1/s1. The highest BCUT2D eigenvalue weighted by Crippen LogP contribution is 2.36. The van der Waals surface area contributed by atoms with E-state index in [2.05, 4.69) is 0 Å². The van der Waals surface area contributed by atoms with Crippen molar-refractivity contribution in [2.45, 2.75) is 18.9 Å². The number of amides is 1. The molecule has 0 saturated carbocycles. The van der Waals surface area contributed by atoms with Gasteiger partial charge in [0.15, 0.2) is 0 Å². The van der Waals surface area contributed by atoms with Crippen LogP contribution in [0.5, 0.6) is 0 Å². The van der Waals surface area contributed by atoms with E-state index in [0.29, 0.717) is 25.1 Å². The van der Waals surface area contributed by atoms with Gasteiger partial charge >= 0.3 is 5.97 Å². The lowest BCUT2D eigenvalue weighted by atomic mass is 9.84. The monoisotopic (exact) mass is 302 g/mol. The maximum Gasteiger partial charge on any atom is 0.308 e. The lowest BCUT2D eigenvalue weighted by molar-refractivity contribution is -0.152. The Bertz CT molecular complexity index is 591. The average molecular weight is 302 g/mol. The summed E-state index contributed by atoms with van der Waals surface area (Å²) in [6.45, 7) is 0.703. The van der Waals surface area contributed by atoms with E-state index in [9.17, 15) is 14.7 Å². The van der Waals surface area contributed by atoms with Gasteiger partial charge in [0.05, 0.1) is 30.2 Å². The van der Waals surface area contributed by atoms with Crippen LogP contribution in [0.3, 0.4) is 0 Å². The predicted octanol–water partition coefficient (Wildman–Crippen LogP) is 1.57. The van der Waals surface area contributed by atoms with E-state index in [0.717, 1.165) is 5.56 Å². The highest BCUT2D eigenvalue weighted by molar-refractivity contribution is 5.81. The summed E-state index contributed by atoms with van der Waals surface area (Å²) >= 11 is 0. The van der Waals surface area contributed by atoms with Crippen LogP contribution in [-0.2, 0) is 14.3 Å². The first kappa shape index (κ1) is 16.0. The number of carboxylic acid groups (broad SMARTS) is 1. The van der Waals surface area contributed by atoms with Gasteiger partial charge in [-0.05, 0) is 24.1 Å². The van der Waals surface area contributed by atoms with Crippen LogP contribution in [0.15, 0.2) is 24.3 Å². The maximum absolute atomic E-state index is 12.2. The van der Waals surface area contributed by atoms with Crippen LogP contribution in [0.4, 0.5) is 0 Å². The molecule has 1 aliphatic heterocycles. The molecule has 6 nitrogen and oxygen atoms in total. The van der Waals surface area contributed by atoms with Crippen molar-refractivity contribution < 1.29 is 19.4 Å². The smallest absolute Gasteiger partial charge is 0.308 e. The van der Waals surface area contributed by atoms with Gasteiger partial charge in [-0.15, -0.1) is 0 Å². The molecule has 116 valence electrons. The van der Waals surface area contributed by atoms with Gasteiger partial charge in [-0.2, -0.15) is 5.26 Å². The van der Waals surface area contributed by atoms with Crippen molar-refractivity contribution in [3.63, 3.8) is 0 Å². The lowest BCUT2D eigenvalue weighted by Crippen LogP contribution is -2.46. The Morgan fingerprint density at radius 1 is 1.45 bits per heavy atom. The summed E-state index contributed by atoms with van der Waals surface area (Å²) < 4.78 is 5.02. The molecule has 2 atom stereocenters. The Morgan fingerprint density at radius 3 is 2.68 bits per heavy atom. The first-order valence-electron chi connectivity index (χ1n) is 7.09. The molecule has 1 aromatic rings. The van der Waals surface area contributed by atoms with Crippen LogP contribution in [-0.4, -0.2) is 42.1 Å². The van der Waals surface area contributed by atoms with E-state index in [1.807, 2.05) is 6.07 Å². The maximum atomic E-state index is 12.2. The molecular formula is C16H18N2O4. The molecule has 0 bridgehead atoms. The van der Waals surface area contributed by atoms with Gasteiger partial charge in [0.25, 0.3) is 0 Å². The van der Waals surface area contributed by atoms with E-state index < -0.39 is 17.9 Å². The van der Waals surface area contributed by atoms with Crippen LogP contribution < -0.4 is 0 Å². The summed E-state index contributed by atoms with van der Waals surface area (Å²) in [5.74, 6) is -1.63. The van der Waals surface area contributed by atoms with Crippen LogP contribution in [0, 0.1) is 17.2 Å². The van der Waals surface area contributed by atoms with Crippen molar-refractivity contribution >= 4 is 11.9 Å². The number of aliphatic carboxylic acids is 1. The van der Waals surface area contributed by atoms with Crippen LogP contribution in [0.1, 0.15) is 30.0 Å². The quantitative estimate of drug-likeness (QED) is 0.891. The van der Waals surface area contributed by atoms with Crippen molar-refractivity contribution in [3.05, 3.63) is 35.4 Å². The van der Waals surface area contributed by atoms with Crippen LogP contribution in [0.25, 0.3) is 0 Å². The van der Waals surface area contributed by atoms with E-state index in [1.165, 1.54) is 0 Å².